The standard InChI is InChI=1S/C13H19N5S/c1-8-7-18(5-4-17(8)3)11-10-6-9(2)19-12(10)16-13(14)15-11/h6,8H,4-5,7H2,1-3H3,(H2,14,15,16). The summed E-state index contributed by atoms with van der Waals surface area (Å²) in [4.78, 5) is 15.8. The van der Waals surface area contributed by atoms with Crippen molar-refractivity contribution in [1.29, 1.82) is 0 Å². The largest absolute Gasteiger partial charge is 0.368 e. The van der Waals surface area contributed by atoms with Crippen LogP contribution in [-0.2, 0) is 0 Å². The second-order valence-electron chi connectivity index (χ2n) is 5.26. The van der Waals surface area contributed by atoms with Gasteiger partial charge in [0.25, 0.3) is 0 Å². The molecule has 0 aliphatic carbocycles. The summed E-state index contributed by atoms with van der Waals surface area (Å²) in [6, 6.07) is 2.69. The first kappa shape index (κ1) is 12.6. The predicted octanol–water partition coefficient (Wildman–Crippen LogP) is 1.72. The number of aryl methyl sites for hydroxylation is 1. The fraction of sp³-hybridized carbons (Fsp3) is 0.538. The third-order valence-electron chi connectivity index (χ3n) is 3.77. The second-order valence-corrected chi connectivity index (χ2v) is 6.49. The minimum Gasteiger partial charge on any atom is -0.368 e. The van der Waals surface area contributed by atoms with Crippen LogP contribution in [0.3, 0.4) is 0 Å². The number of anilines is 2. The van der Waals surface area contributed by atoms with Gasteiger partial charge in [-0.15, -0.1) is 11.3 Å². The number of hydrogen-bond donors (Lipinski definition) is 1. The Morgan fingerprint density at radius 3 is 2.89 bits per heavy atom. The molecule has 2 aromatic heterocycles. The molecule has 1 aliphatic rings. The fourth-order valence-electron chi connectivity index (χ4n) is 2.52. The Morgan fingerprint density at radius 2 is 2.16 bits per heavy atom. The van der Waals surface area contributed by atoms with E-state index in [9.17, 15) is 0 Å². The molecule has 0 bridgehead atoms. The zero-order chi connectivity index (χ0) is 13.6. The minimum absolute atomic E-state index is 0.371. The zero-order valence-corrected chi connectivity index (χ0v) is 12.4. The topological polar surface area (TPSA) is 58.3 Å². The molecule has 1 aliphatic heterocycles. The Hall–Kier alpha value is -1.40. The highest BCUT2D eigenvalue weighted by atomic mass is 32.1. The number of hydrogen-bond acceptors (Lipinski definition) is 6. The molecule has 1 saturated heterocycles. The summed E-state index contributed by atoms with van der Waals surface area (Å²) in [6.07, 6.45) is 0. The van der Waals surface area contributed by atoms with E-state index in [1.165, 1.54) is 4.88 Å². The van der Waals surface area contributed by atoms with Gasteiger partial charge in [0.15, 0.2) is 0 Å². The van der Waals surface area contributed by atoms with Crippen LogP contribution in [0.4, 0.5) is 11.8 Å². The van der Waals surface area contributed by atoms with Crippen LogP contribution in [0.25, 0.3) is 10.2 Å². The van der Waals surface area contributed by atoms with Gasteiger partial charge in [-0.3, -0.25) is 0 Å². The Balaban J connectivity index is 2.04. The molecule has 0 radical (unpaired) electrons. The van der Waals surface area contributed by atoms with Gasteiger partial charge in [0.1, 0.15) is 10.6 Å². The molecule has 0 amide bonds. The maximum absolute atomic E-state index is 5.85. The Bertz CT molecular complexity index is 608. The first-order valence-corrected chi connectivity index (χ1v) is 7.35. The third-order valence-corrected chi connectivity index (χ3v) is 4.72. The summed E-state index contributed by atoms with van der Waals surface area (Å²) in [6.45, 7) is 7.36. The van der Waals surface area contributed by atoms with Crippen LogP contribution in [0.5, 0.6) is 0 Å². The van der Waals surface area contributed by atoms with Gasteiger partial charge in [0, 0.05) is 30.6 Å². The summed E-state index contributed by atoms with van der Waals surface area (Å²) >= 11 is 1.68. The van der Waals surface area contributed by atoms with E-state index in [-0.39, 0.29) is 0 Å². The van der Waals surface area contributed by atoms with Crippen molar-refractivity contribution in [3.05, 3.63) is 10.9 Å². The number of likely N-dealkylation sites (N-methyl/N-ethyl adjacent to an activating group) is 1. The summed E-state index contributed by atoms with van der Waals surface area (Å²) in [5, 5.41) is 1.13. The minimum atomic E-state index is 0.371. The van der Waals surface area contributed by atoms with E-state index in [4.69, 9.17) is 5.73 Å². The Morgan fingerprint density at radius 1 is 1.37 bits per heavy atom. The molecule has 19 heavy (non-hydrogen) atoms. The molecule has 2 aromatic rings. The Kier molecular flexibility index (Phi) is 3.06. The van der Waals surface area contributed by atoms with Gasteiger partial charge >= 0.3 is 0 Å². The van der Waals surface area contributed by atoms with Crippen molar-refractivity contribution in [2.24, 2.45) is 0 Å². The second kappa shape index (κ2) is 4.61. The zero-order valence-electron chi connectivity index (χ0n) is 11.6. The Labute approximate surface area is 117 Å². The number of aromatic nitrogens is 2. The van der Waals surface area contributed by atoms with Crippen molar-refractivity contribution in [2.75, 3.05) is 37.3 Å². The van der Waals surface area contributed by atoms with Crippen LogP contribution in [-0.4, -0.2) is 47.6 Å². The summed E-state index contributed by atoms with van der Waals surface area (Å²) < 4.78 is 0. The summed E-state index contributed by atoms with van der Waals surface area (Å²) in [7, 11) is 2.17. The fourth-order valence-corrected chi connectivity index (χ4v) is 3.41. The molecular formula is C13H19N5S. The molecule has 1 unspecified atom stereocenters. The smallest absolute Gasteiger partial charge is 0.223 e. The molecule has 1 fully saturated rings. The van der Waals surface area contributed by atoms with E-state index >= 15 is 0 Å². The summed E-state index contributed by atoms with van der Waals surface area (Å²) in [5.74, 6) is 1.36. The number of nitrogens with zero attached hydrogens (tertiary/aromatic N) is 4. The van der Waals surface area contributed by atoms with E-state index in [1.807, 2.05) is 0 Å². The van der Waals surface area contributed by atoms with E-state index in [2.05, 4.69) is 46.7 Å². The van der Waals surface area contributed by atoms with Crippen molar-refractivity contribution in [3.8, 4) is 0 Å². The molecule has 0 spiro atoms. The van der Waals surface area contributed by atoms with Gasteiger partial charge in [-0.25, -0.2) is 4.98 Å². The van der Waals surface area contributed by atoms with Gasteiger partial charge in [-0.2, -0.15) is 4.98 Å². The molecule has 1 atom stereocenters. The molecule has 6 heteroatoms. The van der Waals surface area contributed by atoms with Gasteiger partial charge in [-0.05, 0) is 27.0 Å². The number of nitrogens with two attached hydrogens (primary N) is 1. The molecule has 102 valence electrons. The first-order valence-electron chi connectivity index (χ1n) is 6.53. The maximum atomic E-state index is 5.85. The van der Waals surface area contributed by atoms with E-state index in [0.29, 0.717) is 12.0 Å². The number of thiophene rings is 1. The van der Waals surface area contributed by atoms with E-state index < -0.39 is 0 Å². The highest BCUT2D eigenvalue weighted by molar-refractivity contribution is 7.18. The SMILES string of the molecule is Cc1cc2c(N3CCN(C)C(C)C3)nc(N)nc2s1. The van der Waals surface area contributed by atoms with Crippen molar-refractivity contribution < 1.29 is 0 Å². The van der Waals surface area contributed by atoms with E-state index in [1.54, 1.807) is 11.3 Å². The summed E-state index contributed by atoms with van der Waals surface area (Å²) in [5.41, 5.74) is 5.85. The lowest BCUT2D eigenvalue weighted by Crippen LogP contribution is -2.50. The molecule has 2 N–H and O–H groups in total. The maximum Gasteiger partial charge on any atom is 0.223 e. The lowest BCUT2D eigenvalue weighted by Gasteiger charge is -2.38. The van der Waals surface area contributed by atoms with Crippen molar-refractivity contribution in [3.63, 3.8) is 0 Å². The lowest BCUT2D eigenvalue weighted by molar-refractivity contribution is 0.233. The van der Waals surface area contributed by atoms with Crippen LogP contribution in [0.1, 0.15) is 11.8 Å². The van der Waals surface area contributed by atoms with E-state index in [0.717, 1.165) is 35.7 Å². The monoisotopic (exact) mass is 277 g/mol. The van der Waals surface area contributed by atoms with Crippen LogP contribution in [0.15, 0.2) is 6.07 Å². The third kappa shape index (κ3) is 2.26. The van der Waals surface area contributed by atoms with Gasteiger partial charge in [0.2, 0.25) is 5.95 Å². The molecule has 3 heterocycles. The van der Waals surface area contributed by atoms with Crippen LogP contribution in [0.2, 0.25) is 0 Å². The predicted molar refractivity (Wildman–Crippen MR) is 80.9 cm³/mol. The number of fused-ring (bicyclic) bond motifs is 1. The lowest BCUT2D eigenvalue weighted by atomic mass is 10.2. The number of rotatable bonds is 1. The molecule has 3 rings (SSSR count). The molecule has 0 aromatic carbocycles. The normalized spacial score (nSPS) is 21.2. The molecule has 0 saturated carbocycles. The van der Waals surface area contributed by atoms with Crippen molar-refractivity contribution in [2.45, 2.75) is 19.9 Å². The first-order chi connectivity index (χ1) is 9.04. The quantitative estimate of drug-likeness (QED) is 0.860. The van der Waals surface area contributed by atoms with Crippen LogP contribution < -0.4 is 10.6 Å². The average molecular weight is 277 g/mol. The highest BCUT2D eigenvalue weighted by Gasteiger charge is 2.24. The number of nitrogen functional groups attached to an aromatic ring is 1. The van der Waals surface area contributed by atoms with Crippen LogP contribution in [0, 0.1) is 6.92 Å². The van der Waals surface area contributed by atoms with Gasteiger partial charge < -0.3 is 15.5 Å². The number of piperazine rings is 1. The van der Waals surface area contributed by atoms with Crippen molar-refractivity contribution >= 4 is 33.3 Å². The van der Waals surface area contributed by atoms with Crippen molar-refractivity contribution in [1.82, 2.24) is 14.9 Å². The average Bonchev–Trinajstić information content (AvgIpc) is 2.72. The molecule has 5 nitrogen and oxygen atoms in total. The van der Waals surface area contributed by atoms with Crippen LogP contribution >= 0.6 is 11.3 Å². The highest BCUT2D eigenvalue weighted by Crippen LogP contribution is 2.32. The molecular weight excluding hydrogens is 258 g/mol. The van der Waals surface area contributed by atoms with Gasteiger partial charge in [-0.1, -0.05) is 0 Å². The van der Waals surface area contributed by atoms with Gasteiger partial charge in [0.05, 0.1) is 5.39 Å².